The first-order valence-electron chi connectivity index (χ1n) is 7.34. The van der Waals surface area contributed by atoms with Gasteiger partial charge in [-0.1, -0.05) is 35.7 Å². The summed E-state index contributed by atoms with van der Waals surface area (Å²) in [4.78, 5) is 14.5. The molecule has 5 nitrogen and oxygen atoms in total. The largest absolute Gasteiger partial charge is 0.311 e. The Kier molecular flexibility index (Phi) is 4.60. The van der Waals surface area contributed by atoms with Crippen molar-refractivity contribution in [2.24, 2.45) is 0 Å². The minimum atomic E-state index is -0.133. The molecule has 0 saturated heterocycles. The Hall–Kier alpha value is -2.05. The Morgan fingerprint density at radius 2 is 2.23 bits per heavy atom. The molecule has 22 heavy (non-hydrogen) atoms. The quantitative estimate of drug-likeness (QED) is 0.862. The Morgan fingerprint density at radius 1 is 1.41 bits per heavy atom. The molecule has 6 heteroatoms. The lowest BCUT2D eigenvalue weighted by atomic mass is 10.1. The number of nitrogens with zero attached hydrogens (tertiary/aromatic N) is 3. The lowest BCUT2D eigenvalue weighted by molar-refractivity contribution is 0.102. The second kappa shape index (κ2) is 6.81. The number of benzene rings is 1. The van der Waals surface area contributed by atoms with Gasteiger partial charge in [-0.15, -0.1) is 5.10 Å². The maximum Gasteiger partial charge on any atom is 0.256 e. The molecule has 1 aliphatic rings. The van der Waals surface area contributed by atoms with Crippen LogP contribution in [0.1, 0.15) is 29.3 Å². The fourth-order valence-electron chi connectivity index (χ4n) is 2.59. The van der Waals surface area contributed by atoms with Gasteiger partial charge in [-0.25, -0.2) is 0 Å². The summed E-state index contributed by atoms with van der Waals surface area (Å²) >= 11 is 1.17. The molecule has 114 valence electrons. The normalized spacial score (nSPS) is 17.8. The highest BCUT2D eigenvalue weighted by Gasteiger charge is 2.17. The van der Waals surface area contributed by atoms with Gasteiger partial charge < -0.3 is 5.32 Å². The zero-order valence-electron chi connectivity index (χ0n) is 12.4. The number of amides is 1. The van der Waals surface area contributed by atoms with Crippen LogP contribution in [0.25, 0.3) is 0 Å². The predicted octanol–water partition coefficient (Wildman–Crippen LogP) is 2.94. The molecule has 1 aliphatic heterocycles. The Morgan fingerprint density at radius 3 is 2.91 bits per heavy atom. The summed E-state index contributed by atoms with van der Waals surface area (Å²) in [6.07, 6.45) is 7.16. The molecule has 0 spiro atoms. The summed E-state index contributed by atoms with van der Waals surface area (Å²) in [7, 11) is 0. The first kappa shape index (κ1) is 14.9. The summed E-state index contributed by atoms with van der Waals surface area (Å²) in [6.45, 7) is 4.11. The maximum atomic E-state index is 12.1. The molecule has 0 unspecified atom stereocenters. The predicted molar refractivity (Wildman–Crippen MR) is 87.9 cm³/mol. The molecular formula is C16H18N4OS. The average Bonchev–Trinajstić information content (AvgIpc) is 3.19. The Labute approximate surface area is 133 Å². The molecule has 0 saturated carbocycles. The van der Waals surface area contributed by atoms with Crippen LogP contribution in [0.2, 0.25) is 0 Å². The highest BCUT2D eigenvalue weighted by atomic mass is 32.1. The van der Waals surface area contributed by atoms with Crippen LogP contribution in [0.3, 0.4) is 0 Å². The molecule has 0 radical (unpaired) electrons. The van der Waals surface area contributed by atoms with Gasteiger partial charge in [0.15, 0.2) is 0 Å². The van der Waals surface area contributed by atoms with E-state index in [0.29, 0.717) is 16.6 Å². The second-order valence-corrected chi connectivity index (χ2v) is 6.05. The number of hydrogen-bond donors (Lipinski definition) is 1. The van der Waals surface area contributed by atoms with E-state index in [0.717, 1.165) is 19.5 Å². The summed E-state index contributed by atoms with van der Waals surface area (Å²) in [5.74, 6) is -0.133. The number of rotatable bonds is 5. The monoisotopic (exact) mass is 314 g/mol. The van der Waals surface area contributed by atoms with E-state index in [-0.39, 0.29) is 5.91 Å². The van der Waals surface area contributed by atoms with Gasteiger partial charge in [-0.05, 0) is 24.1 Å². The lowest BCUT2D eigenvalue weighted by Crippen LogP contribution is -2.28. The average molecular weight is 314 g/mol. The third-order valence-electron chi connectivity index (χ3n) is 3.79. The molecule has 2 heterocycles. The second-order valence-electron chi connectivity index (χ2n) is 5.27. The smallest absolute Gasteiger partial charge is 0.256 e. The highest BCUT2D eigenvalue weighted by molar-refractivity contribution is 7.10. The van der Waals surface area contributed by atoms with Crippen LogP contribution in [-0.4, -0.2) is 33.0 Å². The number of anilines is 1. The minimum Gasteiger partial charge on any atom is -0.311 e. The van der Waals surface area contributed by atoms with Crippen LogP contribution in [-0.2, 0) is 6.54 Å². The SMILES string of the molecule is CC[C@H]1C=CCN1Cc1ccc(C(=O)Nc2cnns2)cc1. The van der Waals surface area contributed by atoms with Crippen LogP contribution in [0.5, 0.6) is 0 Å². The zero-order chi connectivity index (χ0) is 15.4. The standard InChI is InChI=1S/C16H18N4OS/c1-2-14-4-3-9-20(14)11-12-5-7-13(8-6-12)16(21)18-15-10-17-19-22-15/h3-8,10,14H,2,9,11H2,1H3,(H,18,21)/t14-/m0/s1. The van der Waals surface area contributed by atoms with Crippen LogP contribution in [0.4, 0.5) is 5.00 Å². The van der Waals surface area contributed by atoms with E-state index < -0.39 is 0 Å². The molecule has 3 rings (SSSR count). The van der Waals surface area contributed by atoms with E-state index in [1.54, 1.807) is 6.20 Å². The highest BCUT2D eigenvalue weighted by Crippen LogP contribution is 2.17. The number of carbonyl (C=O) groups is 1. The van der Waals surface area contributed by atoms with E-state index in [2.05, 4.69) is 38.9 Å². The van der Waals surface area contributed by atoms with Crippen molar-refractivity contribution in [3.8, 4) is 0 Å². The first-order chi connectivity index (χ1) is 10.8. The Balaban J connectivity index is 1.61. The van der Waals surface area contributed by atoms with Crippen LogP contribution in [0.15, 0.2) is 42.6 Å². The van der Waals surface area contributed by atoms with Gasteiger partial charge in [0.1, 0.15) is 5.00 Å². The fourth-order valence-corrected chi connectivity index (χ4v) is 3.00. The van der Waals surface area contributed by atoms with Crippen molar-refractivity contribution in [3.05, 3.63) is 53.7 Å². The zero-order valence-corrected chi connectivity index (χ0v) is 13.2. The van der Waals surface area contributed by atoms with Crippen LogP contribution >= 0.6 is 11.5 Å². The molecule has 0 aliphatic carbocycles. The minimum absolute atomic E-state index is 0.133. The van der Waals surface area contributed by atoms with Crippen molar-refractivity contribution < 1.29 is 4.79 Å². The van der Waals surface area contributed by atoms with Gasteiger partial charge in [0.05, 0.1) is 6.20 Å². The fraction of sp³-hybridized carbons (Fsp3) is 0.312. The van der Waals surface area contributed by atoms with Crippen molar-refractivity contribution in [1.29, 1.82) is 0 Å². The van der Waals surface area contributed by atoms with Gasteiger partial charge in [0.2, 0.25) is 0 Å². The van der Waals surface area contributed by atoms with Gasteiger partial charge in [0.25, 0.3) is 5.91 Å². The number of nitrogens with one attached hydrogen (secondary N) is 1. The van der Waals surface area contributed by atoms with Crippen molar-refractivity contribution in [3.63, 3.8) is 0 Å². The maximum absolute atomic E-state index is 12.1. The molecular weight excluding hydrogens is 296 g/mol. The molecule has 1 aromatic heterocycles. The van der Waals surface area contributed by atoms with E-state index >= 15 is 0 Å². The van der Waals surface area contributed by atoms with E-state index in [9.17, 15) is 4.79 Å². The molecule has 1 N–H and O–H groups in total. The van der Waals surface area contributed by atoms with Crippen molar-refractivity contribution in [2.45, 2.75) is 25.9 Å². The van der Waals surface area contributed by atoms with Crippen molar-refractivity contribution >= 4 is 22.4 Å². The Bertz CT molecular complexity index is 651. The van der Waals surface area contributed by atoms with Crippen molar-refractivity contribution in [1.82, 2.24) is 14.5 Å². The van der Waals surface area contributed by atoms with Gasteiger partial charge in [-0.3, -0.25) is 9.69 Å². The number of aromatic nitrogens is 2. The third kappa shape index (κ3) is 3.40. The topological polar surface area (TPSA) is 58.1 Å². The van der Waals surface area contributed by atoms with Crippen molar-refractivity contribution in [2.75, 3.05) is 11.9 Å². The molecule has 1 amide bonds. The van der Waals surface area contributed by atoms with E-state index in [4.69, 9.17) is 0 Å². The molecule has 1 atom stereocenters. The molecule has 0 fully saturated rings. The molecule has 1 aromatic carbocycles. The van der Waals surface area contributed by atoms with Crippen LogP contribution in [0, 0.1) is 0 Å². The van der Waals surface area contributed by atoms with Gasteiger partial charge in [-0.2, -0.15) is 0 Å². The third-order valence-corrected chi connectivity index (χ3v) is 4.37. The molecule has 0 bridgehead atoms. The summed E-state index contributed by atoms with van der Waals surface area (Å²) < 4.78 is 3.72. The number of hydrogen-bond acceptors (Lipinski definition) is 5. The van der Waals surface area contributed by atoms with Crippen LogP contribution < -0.4 is 5.32 Å². The van der Waals surface area contributed by atoms with Gasteiger partial charge in [0, 0.05) is 36.2 Å². The summed E-state index contributed by atoms with van der Waals surface area (Å²) in [5, 5.41) is 7.13. The van der Waals surface area contributed by atoms with E-state index in [1.807, 2.05) is 24.3 Å². The summed E-state index contributed by atoms with van der Waals surface area (Å²) in [6, 6.07) is 8.30. The molecule has 2 aromatic rings. The van der Waals surface area contributed by atoms with E-state index in [1.165, 1.54) is 17.1 Å². The lowest BCUT2D eigenvalue weighted by Gasteiger charge is -2.23. The number of carbonyl (C=O) groups excluding carboxylic acids is 1. The summed E-state index contributed by atoms with van der Waals surface area (Å²) in [5.41, 5.74) is 1.86. The first-order valence-corrected chi connectivity index (χ1v) is 8.12. The van der Waals surface area contributed by atoms with Gasteiger partial charge >= 0.3 is 0 Å².